The Bertz CT molecular complexity index is 951. The van der Waals surface area contributed by atoms with Crippen molar-refractivity contribution in [1.82, 2.24) is 4.57 Å². The van der Waals surface area contributed by atoms with Gasteiger partial charge < -0.3 is 13.7 Å². The molecule has 0 aliphatic carbocycles. The molecule has 2 heterocycles. The second kappa shape index (κ2) is 6.84. The van der Waals surface area contributed by atoms with Gasteiger partial charge in [0.2, 0.25) is 0 Å². The predicted octanol–water partition coefficient (Wildman–Crippen LogP) is 2.91. The van der Waals surface area contributed by atoms with Crippen molar-refractivity contribution >= 4 is 33.4 Å². The van der Waals surface area contributed by atoms with Crippen LogP contribution in [0.1, 0.15) is 23.0 Å². The lowest BCUT2D eigenvalue weighted by Crippen LogP contribution is -2.23. The largest absolute Gasteiger partial charge is 0.465 e. The lowest BCUT2D eigenvalue weighted by molar-refractivity contribution is -0.143. The molecule has 124 valence electrons. The highest BCUT2D eigenvalue weighted by atomic mass is 32.1. The maximum absolute atomic E-state index is 12.2. The van der Waals surface area contributed by atoms with Gasteiger partial charge in [0.1, 0.15) is 6.54 Å². The fourth-order valence-corrected chi connectivity index (χ4v) is 3.52. The van der Waals surface area contributed by atoms with Crippen molar-refractivity contribution in [3.8, 4) is 0 Å². The standard InChI is InChI=1S/C17H16N2O4S/c1-3-22-14(20)10-19-15-11(2)6-4-8-13(15)24-17(19)18-16(21)12-7-5-9-23-12/h4-9H,3,10H2,1-2H3. The number of hydrogen-bond acceptors (Lipinski definition) is 5. The molecule has 0 aliphatic heterocycles. The zero-order valence-corrected chi connectivity index (χ0v) is 14.1. The Morgan fingerprint density at radius 3 is 2.83 bits per heavy atom. The topological polar surface area (TPSA) is 73.8 Å². The van der Waals surface area contributed by atoms with E-state index in [1.165, 1.54) is 17.6 Å². The van der Waals surface area contributed by atoms with Crippen LogP contribution in [-0.4, -0.2) is 23.1 Å². The second-order valence-corrected chi connectivity index (χ2v) is 6.10. The SMILES string of the molecule is CCOC(=O)Cn1c(=NC(=O)c2ccco2)sc2cccc(C)c21. The number of benzene rings is 1. The van der Waals surface area contributed by atoms with Crippen LogP contribution in [0.2, 0.25) is 0 Å². The lowest BCUT2D eigenvalue weighted by atomic mass is 10.2. The highest BCUT2D eigenvalue weighted by molar-refractivity contribution is 7.16. The van der Waals surface area contributed by atoms with Crippen molar-refractivity contribution in [2.45, 2.75) is 20.4 Å². The Labute approximate surface area is 142 Å². The Hall–Kier alpha value is -2.67. The number of carbonyl (C=O) groups is 2. The summed E-state index contributed by atoms with van der Waals surface area (Å²) in [4.78, 5) is 28.7. The number of amides is 1. The van der Waals surface area contributed by atoms with Crippen molar-refractivity contribution in [2.24, 2.45) is 4.99 Å². The summed E-state index contributed by atoms with van der Waals surface area (Å²) in [5.74, 6) is -0.693. The summed E-state index contributed by atoms with van der Waals surface area (Å²) < 4.78 is 12.8. The van der Waals surface area contributed by atoms with Crippen LogP contribution in [0.25, 0.3) is 10.2 Å². The first-order chi connectivity index (χ1) is 11.6. The average molecular weight is 344 g/mol. The van der Waals surface area contributed by atoms with Crippen LogP contribution >= 0.6 is 11.3 Å². The van der Waals surface area contributed by atoms with Crippen molar-refractivity contribution in [2.75, 3.05) is 6.61 Å². The molecular weight excluding hydrogens is 328 g/mol. The summed E-state index contributed by atoms with van der Waals surface area (Å²) in [5, 5.41) is 0. The number of hydrogen-bond donors (Lipinski definition) is 0. The molecule has 0 radical (unpaired) electrons. The minimum atomic E-state index is -0.484. The van der Waals surface area contributed by atoms with Gasteiger partial charge in [0.05, 0.1) is 23.1 Å². The summed E-state index contributed by atoms with van der Waals surface area (Å²) in [7, 11) is 0. The molecule has 7 heteroatoms. The van der Waals surface area contributed by atoms with Crippen molar-refractivity contribution in [1.29, 1.82) is 0 Å². The van der Waals surface area contributed by atoms with E-state index >= 15 is 0 Å². The van der Waals surface area contributed by atoms with Crippen LogP contribution in [-0.2, 0) is 16.1 Å². The second-order valence-electron chi connectivity index (χ2n) is 5.09. The van der Waals surface area contributed by atoms with E-state index in [1.54, 1.807) is 23.6 Å². The monoisotopic (exact) mass is 344 g/mol. The number of nitrogens with zero attached hydrogens (tertiary/aromatic N) is 2. The summed E-state index contributed by atoms with van der Waals surface area (Å²) in [6, 6.07) is 9.01. The number of rotatable bonds is 4. The molecule has 0 fully saturated rings. The number of aromatic nitrogens is 1. The minimum Gasteiger partial charge on any atom is -0.465 e. The molecule has 0 atom stereocenters. The smallest absolute Gasteiger partial charge is 0.326 e. The molecule has 0 saturated carbocycles. The first kappa shape index (κ1) is 16.2. The van der Waals surface area contributed by atoms with Gasteiger partial charge in [-0.05, 0) is 37.6 Å². The van der Waals surface area contributed by atoms with Crippen molar-refractivity contribution in [3.05, 3.63) is 52.7 Å². The molecule has 0 saturated heterocycles. The fourth-order valence-electron chi connectivity index (χ4n) is 2.42. The molecule has 0 unspecified atom stereocenters. The molecule has 24 heavy (non-hydrogen) atoms. The molecule has 1 amide bonds. The third kappa shape index (κ3) is 3.16. The number of carbonyl (C=O) groups excluding carboxylic acids is 2. The molecule has 3 aromatic rings. The predicted molar refractivity (Wildman–Crippen MR) is 89.8 cm³/mol. The summed E-state index contributed by atoms with van der Waals surface area (Å²) in [6.45, 7) is 4.02. The number of aryl methyl sites for hydroxylation is 1. The Balaban J connectivity index is 2.14. The quantitative estimate of drug-likeness (QED) is 0.682. The van der Waals surface area contributed by atoms with Gasteiger partial charge in [0, 0.05) is 0 Å². The zero-order chi connectivity index (χ0) is 17.1. The summed E-state index contributed by atoms with van der Waals surface area (Å²) in [6.07, 6.45) is 1.42. The third-order valence-electron chi connectivity index (χ3n) is 3.42. The van der Waals surface area contributed by atoms with Crippen LogP contribution in [0.3, 0.4) is 0 Å². The molecule has 0 spiro atoms. The Kier molecular flexibility index (Phi) is 4.61. The van der Waals surface area contributed by atoms with E-state index in [1.807, 2.05) is 25.1 Å². The van der Waals surface area contributed by atoms with E-state index in [0.29, 0.717) is 11.4 Å². The first-order valence-electron chi connectivity index (χ1n) is 7.47. The highest BCUT2D eigenvalue weighted by Gasteiger charge is 2.14. The normalized spacial score (nSPS) is 11.8. The zero-order valence-electron chi connectivity index (χ0n) is 13.3. The van der Waals surface area contributed by atoms with Crippen molar-refractivity contribution in [3.63, 3.8) is 0 Å². The molecule has 3 rings (SSSR count). The summed E-state index contributed by atoms with van der Waals surface area (Å²) >= 11 is 1.35. The van der Waals surface area contributed by atoms with E-state index in [0.717, 1.165) is 15.8 Å². The van der Waals surface area contributed by atoms with Crippen LogP contribution in [0, 0.1) is 6.92 Å². The van der Waals surface area contributed by atoms with Gasteiger partial charge in [-0.1, -0.05) is 23.5 Å². The molecule has 2 aromatic heterocycles. The van der Waals surface area contributed by atoms with Gasteiger partial charge in [0.25, 0.3) is 0 Å². The highest BCUT2D eigenvalue weighted by Crippen LogP contribution is 2.21. The molecule has 0 aliphatic rings. The van der Waals surface area contributed by atoms with Crippen molar-refractivity contribution < 1.29 is 18.7 Å². The van der Waals surface area contributed by atoms with Gasteiger partial charge in [-0.25, -0.2) is 0 Å². The molecule has 0 N–H and O–H groups in total. The van der Waals surface area contributed by atoms with Gasteiger partial charge in [-0.2, -0.15) is 4.99 Å². The third-order valence-corrected chi connectivity index (χ3v) is 4.47. The minimum absolute atomic E-state index is 0.00294. The van der Waals surface area contributed by atoms with E-state index in [9.17, 15) is 9.59 Å². The van der Waals surface area contributed by atoms with Crippen LogP contribution in [0.5, 0.6) is 0 Å². The number of fused-ring (bicyclic) bond motifs is 1. The summed E-state index contributed by atoms with van der Waals surface area (Å²) in [5.41, 5.74) is 1.88. The Morgan fingerprint density at radius 2 is 2.12 bits per heavy atom. The van der Waals surface area contributed by atoms with Crippen LogP contribution in [0.4, 0.5) is 0 Å². The van der Waals surface area contributed by atoms with Crippen LogP contribution in [0.15, 0.2) is 46.0 Å². The molecular formula is C17H16N2O4S. The van der Waals surface area contributed by atoms with Gasteiger partial charge in [0.15, 0.2) is 10.6 Å². The first-order valence-corrected chi connectivity index (χ1v) is 8.29. The maximum Gasteiger partial charge on any atom is 0.326 e. The number of ether oxygens (including phenoxy) is 1. The molecule has 1 aromatic carbocycles. The number of para-hydroxylation sites is 1. The lowest BCUT2D eigenvalue weighted by Gasteiger charge is -2.06. The van der Waals surface area contributed by atoms with E-state index in [4.69, 9.17) is 9.15 Å². The van der Waals surface area contributed by atoms with Gasteiger partial charge in [-0.15, -0.1) is 0 Å². The molecule has 0 bridgehead atoms. The number of furan rings is 1. The maximum atomic E-state index is 12.2. The van der Waals surface area contributed by atoms with Gasteiger partial charge in [-0.3, -0.25) is 9.59 Å². The van der Waals surface area contributed by atoms with Crippen LogP contribution < -0.4 is 4.80 Å². The average Bonchev–Trinajstić information content (AvgIpc) is 3.17. The molecule has 6 nitrogen and oxygen atoms in total. The number of thiazole rings is 1. The number of esters is 1. The van der Waals surface area contributed by atoms with E-state index < -0.39 is 5.91 Å². The van der Waals surface area contributed by atoms with Gasteiger partial charge >= 0.3 is 11.9 Å². The fraction of sp³-hybridized carbons (Fsp3) is 0.235. The van der Waals surface area contributed by atoms with E-state index in [-0.39, 0.29) is 18.3 Å². The Morgan fingerprint density at radius 1 is 1.29 bits per heavy atom. The van der Waals surface area contributed by atoms with E-state index in [2.05, 4.69) is 4.99 Å².